The topological polar surface area (TPSA) is 131 Å². The average Bonchev–Trinajstić information content (AvgIpc) is 3.16. The quantitative estimate of drug-likeness (QED) is 0.0316. The van der Waals surface area contributed by atoms with Gasteiger partial charge in [-0.2, -0.15) is 0 Å². The third-order valence-electron chi connectivity index (χ3n) is 10.3. The van der Waals surface area contributed by atoms with Crippen molar-refractivity contribution in [3.8, 4) is 0 Å². The van der Waals surface area contributed by atoms with Crippen molar-refractivity contribution in [2.75, 3.05) is 26.4 Å². The molecule has 0 aromatic heterocycles. The van der Waals surface area contributed by atoms with Gasteiger partial charge in [-0.05, 0) is 12.8 Å². The molecular formula is C44H88NO8P. The molecule has 0 aromatic carbocycles. The number of phosphoric acid groups is 1. The van der Waals surface area contributed by atoms with Crippen LogP contribution in [0.3, 0.4) is 0 Å². The molecule has 0 heterocycles. The smallest absolute Gasteiger partial charge is 0.463 e. The summed E-state index contributed by atoms with van der Waals surface area (Å²) in [5, 5.41) is 12.7. The maximum absolute atomic E-state index is 12.1. The lowest BCUT2D eigenvalue weighted by Crippen LogP contribution is -2.27. The predicted octanol–water partition coefficient (Wildman–Crippen LogP) is 12.8. The summed E-state index contributed by atoms with van der Waals surface area (Å²) in [5.74, 6) is -0.501. The number of hydrogen-bond donors (Lipinski definition) is 3. The fourth-order valence-corrected chi connectivity index (χ4v) is 7.55. The zero-order valence-corrected chi connectivity index (χ0v) is 36.3. The first-order chi connectivity index (χ1) is 26.3. The van der Waals surface area contributed by atoms with E-state index in [9.17, 15) is 24.2 Å². The van der Waals surface area contributed by atoms with Gasteiger partial charge in [0.25, 0.3) is 0 Å². The van der Waals surface area contributed by atoms with Crippen LogP contribution in [0.1, 0.15) is 239 Å². The van der Waals surface area contributed by atoms with Crippen molar-refractivity contribution in [2.45, 2.75) is 245 Å². The Hall–Kier alpha value is -0.990. The van der Waals surface area contributed by atoms with Crippen LogP contribution in [0.25, 0.3) is 0 Å². The van der Waals surface area contributed by atoms with E-state index in [0.29, 0.717) is 12.8 Å². The summed E-state index contributed by atoms with van der Waals surface area (Å²) in [7, 11) is -4.41. The number of amides is 1. The van der Waals surface area contributed by atoms with Crippen LogP contribution < -0.4 is 5.32 Å². The molecule has 322 valence electrons. The van der Waals surface area contributed by atoms with Crippen LogP contribution in [-0.2, 0) is 27.9 Å². The van der Waals surface area contributed by atoms with Crippen LogP contribution in [0.15, 0.2) is 0 Å². The summed E-state index contributed by atoms with van der Waals surface area (Å²) in [6.45, 7) is 3.61. The standard InChI is InChI=1S/C44H88NO8P/c1-3-5-7-9-11-13-15-17-19-21-23-25-27-29-31-33-35-37-44(48)51-40-42(46)41-53-54(49,50)52-39-38-45-43(47)36-34-32-30-28-26-24-22-20-18-16-14-12-10-8-6-4-2/h42,46H,3-41H2,1-2H3,(H,45,47)(H,49,50). The zero-order chi connectivity index (χ0) is 39.6. The minimum absolute atomic E-state index is 0.0885. The fraction of sp³-hybridized carbons (Fsp3) is 0.955. The molecule has 0 spiro atoms. The summed E-state index contributed by atoms with van der Waals surface area (Å²) < 4.78 is 26.9. The molecular weight excluding hydrogens is 701 g/mol. The molecule has 3 N–H and O–H groups in total. The summed E-state index contributed by atoms with van der Waals surface area (Å²) in [6.07, 6.45) is 41.7. The van der Waals surface area contributed by atoms with E-state index in [1.165, 1.54) is 173 Å². The number of carbonyl (C=O) groups excluding carboxylic acids is 2. The number of ether oxygens (including phenoxy) is 1. The van der Waals surface area contributed by atoms with Gasteiger partial charge in [-0.1, -0.05) is 213 Å². The van der Waals surface area contributed by atoms with Gasteiger partial charge in [0.15, 0.2) is 0 Å². The van der Waals surface area contributed by atoms with Crippen LogP contribution in [0, 0.1) is 0 Å². The van der Waals surface area contributed by atoms with E-state index in [4.69, 9.17) is 13.8 Å². The molecule has 9 nitrogen and oxygen atoms in total. The molecule has 0 aliphatic carbocycles. The van der Waals surface area contributed by atoms with Gasteiger partial charge >= 0.3 is 13.8 Å². The zero-order valence-electron chi connectivity index (χ0n) is 35.4. The summed E-state index contributed by atoms with van der Waals surface area (Å²) in [4.78, 5) is 33.9. The molecule has 0 radical (unpaired) electrons. The Morgan fingerprint density at radius 1 is 0.500 bits per heavy atom. The highest BCUT2D eigenvalue weighted by Gasteiger charge is 2.23. The van der Waals surface area contributed by atoms with E-state index >= 15 is 0 Å². The monoisotopic (exact) mass is 790 g/mol. The second kappa shape index (κ2) is 41.6. The third kappa shape index (κ3) is 42.2. The molecule has 10 heteroatoms. The highest BCUT2D eigenvalue weighted by molar-refractivity contribution is 7.47. The first-order valence-corrected chi connectivity index (χ1v) is 24.5. The van der Waals surface area contributed by atoms with Crippen molar-refractivity contribution in [2.24, 2.45) is 0 Å². The second-order valence-electron chi connectivity index (χ2n) is 15.7. The van der Waals surface area contributed by atoms with Crippen LogP contribution in [0.4, 0.5) is 0 Å². The lowest BCUT2D eigenvalue weighted by atomic mass is 10.0. The van der Waals surface area contributed by atoms with E-state index in [1.807, 2.05) is 0 Å². The van der Waals surface area contributed by atoms with Crippen LogP contribution >= 0.6 is 7.82 Å². The van der Waals surface area contributed by atoms with Crippen molar-refractivity contribution >= 4 is 19.7 Å². The highest BCUT2D eigenvalue weighted by atomic mass is 31.2. The van der Waals surface area contributed by atoms with Gasteiger partial charge < -0.3 is 20.1 Å². The molecule has 0 rings (SSSR count). The number of aliphatic hydroxyl groups excluding tert-OH is 1. The predicted molar refractivity (Wildman–Crippen MR) is 225 cm³/mol. The van der Waals surface area contributed by atoms with Crippen LogP contribution in [-0.4, -0.2) is 54.3 Å². The minimum Gasteiger partial charge on any atom is -0.463 e. The van der Waals surface area contributed by atoms with Crippen molar-refractivity contribution < 1.29 is 37.9 Å². The Kier molecular flexibility index (Phi) is 40.9. The SMILES string of the molecule is CCCCCCCCCCCCCCCCCCCC(=O)OCC(O)COP(=O)(O)OCCNC(=O)CCCCCCCCCCCCCCCCCC. The Morgan fingerprint density at radius 3 is 1.20 bits per heavy atom. The van der Waals surface area contributed by atoms with Gasteiger partial charge in [0.1, 0.15) is 12.7 Å². The number of unbranched alkanes of at least 4 members (excludes halogenated alkanes) is 31. The molecule has 0 saturated heterocycles. The molecule has 2 unspecified atom stereocenters. The molecule has 0 aromatic rings. The first kappa shape index (κ1) is 53.0. The maximum Gasteiger partial charge on any atom is 0.472 e. The van der Waals surface area contributed by atoms with E-state index in [1.54, 1.807) is 0 Å². The Bertz CT molecular complexity index is 860. The summed E-state index contributed by atoms with van der Waals surface area (Å²) in [5.41, 5.74) is 0. The normalized spacial score (nSPS) is 13.2. The van der Waals surface area contributed by atoms with E-state index in [-0.39, 0.29) is 25.7 Å². The Labute approximate surface area is 333 Å². The summed E-state index contributed by atoms with van der Waals surface area (Å²) in [6, 6.07) is 0. The van der Waals surface area contributed by atoms with Crippen molar-refractivity contribution in [1.82, 2.24) is 5.32 Å². The number of carbonyl (C=O) groups is 2. The maximum atomic E-state index is 12.1. The highest BCUT2D eigenvalue weighted by Crippen LogP contribution is 2.42. The van der Waals surface area contributed by atoms with Crippen LogP contribution in [0.5, 0.6) is 0 Å². The molecule has 2 atom stereocenters. The number of esters is 1. The number of phosphoric ester groups is 1. The molecule has 0 aliphatic heterocycles. The lowest BCUT2D eigenvalue weighted by Gasteiger charge is -2.15. The van der Waals surface area contributed by atoms with Gasteiger partial charge in [-0.25, -0.2) is 4.57 Å². The molecule has 0 saturated carbocycles. The van der Waals surface area contributed by atoms with Gasteiger partial charge in [0.2, 0.25) is 5.91 Å². The van der Waals surface area contributed by atoms with Gasteiger partial charge in [0.05, 0.1) is 13.2 Å². The lowest BCUT2D eigenvalue weighted by molar-refractivity contribution is -0.147. The molecule has 0 fully saturated rings. The average molecular weight is 790 g/mol. The molecule has 0 bridgehead atoms. The Morgan fingerprint density at radius 2 is 0.833 bits per heavy atom. The van der Waals surface area contributed by atoms with Gasteiger partial charge in [0, 0.05) is 19.4 Å². The second-order valence-corrected chi connectivity index (χ2v) is 17.2. The Balaban J connectivity index is 3.54. The largest absolute Gasteiger partial charge is 0.472 e. The van der Waals surface area contributed by atoms with E-state index in [0.717, 1.165) is 38.5 Å². The number of aliphatic hydroxyl groups is 1. The van der Waals surface area contributed by atoms with E-state index < -0.39 is 26.5 Å². The summed E-state index contributed by atoms with van der Waals surface area (Å²) >= 11 is 0. The number of rotatable bonds is 44. The number of nitrogens with one attached hydrogen (secondary N) is 1. The van der Waals surface area contributed by atoms with Crippen molar-refractivity contribution in [3.05, 3.63) is 0 Å². The van der Waals surface area contributed by atoms with Crippen molar-refractivity contribution in [1.29, 1.82) is 0 Å². The minimum atomic E-state index is -4.41. The molecule has 54 heavy (non-hydrogen) atoms. The van der Waals surface area contributed by atoms with Crippen LogP contribution in [0.2, 0.25) is 0 Å². The fourth-order valence-electron chi connectivity index (χ4n) is 6.79. The third-order valence-corrected chi connectivity index (χ3v) is 11.3. The van der Waals surface area contributed by atoms with Gasteiger partial charge in [-0.15, -0.1) is 0 Å². The first-order valence-electron chi connectivity index (χ1n) is 23.0. The number of hydrogen-bond acceptors (Lipinski definition) is 7. The van der Waals surface area contributed by atoms with Gasteiger partial charge in [-0.3, -0.25) is 18.6 Å². The molecule has 0 aliphatic rings. The van der Waals surface area contributed by atoms with E-state index in [2.05, 4.69) is 19.2 Å². The van der Waals surface area contributed by atoms with Crippen molar-refractivity contribution in [3.63, 3.8) is 0 Å². The molecule has 1 amide bonds.